The van der Waals surface area contributed by atoms with Gasteiger partial charge in [0.1, 0.15) is 12.4 Å². The molecule has 2 amide bonds. The Morgan fingerprint density at radius 1 is 1.05 bits per heavy atom. The minimum Gasteiger partial charge on any atom is -0.493 e. The zero-order chi connectivity index (χ0) is 26.5. The molecule has 190 valence electrons. The lowest BCUT2D eigenvalue weighted by Crippen LogP contribution is -2.32. The number of benzene rings is 3. The maximum Gasteiger partial charge on any atom is 0.345 e. The van der Waals surface area contributed by atoms with Crippen molar-refractivity contribution in [2.24, 2.45) is 0 Å². The number of ether oxygens (including phenoxy) is 3. The molecule has 1 heterocycles. The minimum absolute atomic E-state index is 0.0793. The van der Waals surface area contributed by atoms with Crippen molar-refractivity contribution in [3.8, 4) is 17.2 Å². The van der Waals surface area contributed by atoms with E-state index in [1.807, 2.05) is 31.2 Å². The van der Waals surface area contributed by atoms with Gasteiger partial charge in [-0.25, -0.2) is 4.79 Å². The standard InChI is InChI=1S/C27H21Cl2NO6S/c1-16-5-3-7-19(13-16)35-12-11-30-25(31)23(37-27(30)33)14-17-6-4-8-22(34-2)24(17)36-26(32)20-10-9-18(28)15-21(20)29/h3-10,13-15H,11-12H2,1-2H3/b23-14-. The van der Waals surface area contributed by atoms with Crippen LogP contribution >= 0.6 is 35.0 Å². The largest absolute Gasteiger partial charge is 0.493 e. The predicted molar refractivity (Wildman–Crippen MR) is 144 cm³/mol. The number of thioether (sulfide) groups is 1. The van der Waals surface area contributed by atoms with Gasteiger partial charge in [-0.2, -0.15) is 0 Å². The average molecular weight is 558 g/mol. The van der Waals surface area contributed by atoms with Crippen LogP contribution in [0.2, 0.25) is 10.0 Å². The fraction of sp³-hybridized carbons (Fsp3) is 0.148. The lowest BCUT2D eigenvalue weighted by Gasteiger charge is -2.14. The zero-order valence-electron chi connectivity index (χ0n) is 19.8. The van der Waals surface area contributed by atoms with E-state index in [9.17, 15) is 14.4 Å². The van der Waals surface area contributed by atoms with Crippen molar-refractivity contribution in [1.29, 1.82) is 0 Å². The Kier molecular flexibility index (Phi) is 8.43. The van der Waals surface area contributed by atoms with E-state index in [4.69, 9.17) is 37.4 Å². The first kappa shape index (κ1) is 26.6. The summed E-state index contributed by atoms with van der Waals surface area (Å²) in [6, 6.07) is 16.8. The predicted octanol–water partition coefficient (Wildman–Crippen LogP) is 6.64. The number of imide groups is 1. The van der Waals surface area contributed by atoms with Crippen LogP contribution in [0.5, 0.6) is 17.2 Å². The summed E-state index contributed by atoms with van der Waals surface area (Å²) in [5.74, 6) is -0.203. The van der Waals surface area contributed by atoms with Crippen LogP contribution in [0.4, 0.5) is 4.79 Å². The highest BCUT2D eigenvalue weighted by molar-refractivity contribution is 8.18. The number of methoxy groups -OCH3 is 1. The molecule has 0 aromatic heterocycles. The molecular weight excluding hydrogens is 537 g/mol. The van der Waals surface area contributed by atoms with E-state index in [2.05, 4.69) is 0 Å². The molecule has 7 nitrogen and oxygen atoms in total. The maximum absolute atomic E-state index is 13.0. The number of esters is 1. The fourth-order valence-corrected chi connectivity index (χ4v) is 4.85. The van der Waals surface area contributed by atoms with E-state index in [0.29, 0.717) is 16.3 Å². The summed E-state index contributed by atoms with van der Waals surface area (Å²) in [5, 5.41) is 0.0842. The van der Waals surface area contributed by atoms with Gasteiger partial charge in [-0.3, -0.25) is 14.5 Å². The number of halogens is 2. The first-order valence-electron chi connectivity index (χ1n) is 11.1. The van der Waals surface area contributed by atoms with Crippen molar-refractivity contribution >= 4 is 58.2 Å². The van der Waals surface area contributed by atoms with Crippen LogP contribution in [-0.2, 0) is 4.79 Å². The van der Waals surface area contributed by atoms with Gasteiger partial charge in [0.25, 0.3) is 11.1 Å². The Balaban J connectivity index is 1.53. The number of aryl methyl sites for hydroxylation is 1. The van der Waals surface area contributed by atoms with Crippen LogP contribution in [0, 0.1) is 6.92 Å². The molecule has 0 aliphatic carbocycles. The molecule has 0 spiro atoms. The first-order chi connectivity index (χ1) is 17.8. The van der Waals surface area contributed by atoms with Crippen molar-refractivity contribution in [2.75, 3.05) is 20.3 Å². The number of carbonyl (C=O) groups is 3. The van der Waals surface area contributed by atoms with Gasteiger partial charge in [0.05, 0.1) is 29.1 Å². The van der Waals surface area contributed by atoms with Crippen LogP contribution < -0.4 is 14.2 Å². The third-order valence-corrected chi connectivity index (χ3v) is 6.76. The third kappa shape index (κ3) is 6.28. The Hall–Kier alpha value is -3.46. The summed E-state index contributed by atoms with van der Waals surface area (Å²) in [5.41, 5.74) is 1.52. The summed E-state index contributed by atoms with van der Waals surface area (Å²) in [7, 11) is 1.42. The van der Waals surface area contributed by atoms with E-state index in [-0.39, 0.29) is 40.1 Å². The zero-order valence-corrected chi connectivity index (χ0v) is 22.2. The highest BCUT2D eigenvalue weighted by Gasteiger charge is 2.35. The Morgan fingerprint density at radius 3 is 2.57 bits per heavy atom. The molecule has 4 rings (SSSR count). The lowest BCUT2D eigenvalue weighted by atomic mass is 10.1. The van der Waals surface area contributed by atoms with Crippen LogP contribution in [-0.4, -0.2) is 42.3 Å². The summed E-state index contributed by atoms with van der Waals surface area (Å²) in [6.45, 7) is 2.19. The number of hydrogen-bond donors (Lipinski definition) is 0. The van der Waals surface area contributed by atoms with Crippen molar-refractivity contribution in [1.82, 2.24) is 4.90 Å². The van der Waals surface area contributed by atoms with Gasteiger partial charge in [-0.15, -0.1) is 0 Å². The summed E-state index contributed by atoms with van der Waals surface area (Å²) >= 11 is 12.9. The van der Waals surface area contributed by atoms with E-state index in [1.165, 1.54) is 31.4 Å². The van der Waals surface area contributed by atoms with Crippen LogP contribution in [0.1, 0.15) is 21.5 Å². The molecule has 37 heavy (non-hydrogen) atoms. The highest BCUT2D eigenvalue weighted by Crippen LogP contribution is 2.38. The van der Waals surface area contributed by atoms with Crippen molar-refractivity contribution < 1.29 is 28.6 Å². The second-order valence-electron chi connectivity index (χ2n) is 7.89. The molecule has 0 atom stereocenters. The Labute approximate surface area is 227 Å². The Bertz CT molecular complexity index is 1410. The minimum atomic E-state index is -0.734. The van der Waals surface area contributed by atoms with Gasteiger partial charge < -0.3 is 14.2 Å². The molecule has 0 bridgehead atoms. The van der Waals surface area contributed by atoms with Crippen LogP contribution in [0.15, 0.2) is 65.6 Å². The second kappa shape index (κ2) is 11.7. The summed E-state index contributed by atoms with van der Waals surface area (Å²) in [4.78, 5) is 39.7. The number of hydrogen-bond acceptors (Lipinski definition) is 7. The molecule has 0 radical (unpaired) electrons. The molecule has 1 aliphatic rings. The third-order valence-electron chi connectivity index (χ3n) is 5.31. The average Bonchev–Trinajstić information content (AvgIpc) is 3.12. The molecule has 3 aromatic carbocycles. The van der Waals surface area contributed by atoms with E-state index in [0.717, 1.165) is 22.2 Å². The topological polar surface area (TPSA) is 82.1 Å². The lowest BCUT2D eigenvalue weighted by molar-refractivity contribution is -0.123. The SMILES string of the molecule is COc1cccc(/C=C2\SC(=O)N(CCOc3cccc(C)c3)C2=O)c1OC(=O)c1ccc(Cl)cc1Cl. The summed E-state index contributed by atoms with van der Waals surface area (Å²) < 4.78 is 16.7. The molecule has 0 N–H and O–H groups in total. The van der Waals surface area contributed by atoms with Gasteiger partial charge >= 0.3 is 5.97 Å². The van der Waals surface area contributed by atoms with Gasteiger partial charge in [0.15, 0.2) is 11.5 Å². The number of amides is 2. The molecular formula is C27H21Cl2NO6S. The molecule has 3 aromatic rings. The van der Waals surface area contributed by atoms with Gasteiger partial charge in [0, 0.05) is 10.6 Å². The molecule has 0 saturated carbocycles. The summed E-state index contributed by atoms with van der Waals surface area (Å²) in [6.07, 6.45) is 1.49. The normalized spacial score (nSPS) is 14.3. The van der Waals surface area contributed by atoms with Gasteiger partial charge in [0.2, 0.25) is 0 Å². The smallest absolute Gasteiger partial charge is 0.345 e. The van der Waals surface area contributed by atoms with Crippen molar-refractivity contribution in [3.63, 3.8) is 0 Å². The molecule has 1 saturated heterocycles. The molecule has 0 unspecified atom stereocenters. The Morgan fingerprint density at radius 2 is 1.84 bits per heavy atom. The van der Waals surface area contributed by atoms with E-state index >= 15 is 0 Å². The van der Waals surface area contributed by atoms with Gasteiger partial charge in [-0.05, 0) is 66.7 Å². The quantitative estimate of drug-likeness (QED) is 0.174. The molecule has 10 heteroatoms. The van der Waals surface area contributed by atoms with Crippen LogP contribution in [0.25, 0.3) is 6.08 Å². The fourth-order valence-electron chi connectivity index (χ4n) is 3.51. The maximum atomic E-state index is 13.0. The number of rotatable bonds is 8. The van der Waals surface area contributed by atoms with Crippen molar-refractivity contribution in [2.45, 2.75) is 6.92 Å². The highest BCUT2D eigenvalue weighted by atomic mass is 35.5. The molecule has 1 aliphatic heterocycles. The monoisotopic (exact) mass is 557 g/mol. The van der Waals surface area contributed by atoms with Gasteiger partial charge in [-0.1, -0.05) is 47.5 Å². The number of carbonyl (C=O) groups excluding carboxylic acids is 3. The van der Waals surface area contributed by atoms with E-state index in [1.54, 1.807) is 18.2 Å². The second-order valence-corrected chi connectivity index (χ2v) is 9.73. The number of para-hydroxylation sites is 1. The first-order valence-corrected chi connectivity index (χ1v) is 12.6. The molecule has 1 fully saturated rings. The van der Waals surface area contributed by atoms with E-state index < -0.39 is 17.1 Å². The van der Waals surface area contributed by atoms with Crippen LogP contribution in [0.3, 0.4) is 0 Å². The van der Waals surface area contributed by atoms with Crippen molar-refractivity contribution in [3.05, 3.63) is 92.3 Å². The number of nitrogens with zero attached hydrogens (tertiary/aromatic N) is 1.